The zero-order valence-corrected chi connectivity index (χ0v) is 19.2. The number of ether oxygens (including phenoxy) is 3. The number of carbonyl (C=O) groups is 1. The number of thiocarbonyl (C=S) groups is 1. The smallest absolute Gasteiger partial charge is 0.242 e. The van der Waals surface area contributed by atoms with Crippen LogP contribution in [0.2, 0.25) is 5.02 Å². The Labute approximate surface area is 191 Å². The number of amides is 1. The molecule has 0 spiro atoms. The molecule has 2 aliphatic heterocycles. The van der Waals surface area contributed by atoms with Crippen molar-refractivity contribution < 1.29 is 19.0 Å². The van der Waals surface area contributed by atoms with E-state index < -0.39 is 0 Å². The van der Waals surface area contributed by atoms with Crippen LogP contribution >= 0.6 is 23.8 Å². The normalized spacial score (nSPS) is 17.5. The molecule has 164 valence electrons. The zero-order chi connectivity index (χ0) is 22.1. The molecule has 0 saturated carbocycles. The summed E-state index contributed by atoms with van der Waals surface area (Å²) in [6.07, 6.45) is 0.778. The van der Waals surface area contributed by atoms with Crippen molar-refractivity contribution in [1.82, 2.24) is 9.80 Å². The number of nitrogens with zero attached hydrogens (tertiary/aromatic N) is 2. The predicted molar refractivity (Wildman–Crippen MR) is 124 cm³/mol. The standard InChI is InChI=1S/C22H24ClN3O4S/c1-28-18-5-4-14(23)9-16(18)24-22(31)25-11-17-15-10-20(30-3)19(29-2)8-13(15)6-7-26(17)21(27)12-25/h4-5,8-10,17H,6-7,11-12H2,1-3H3,(H,24,31)/t17-/m1/s1. The highest BCUT2D eigenvalue weighted by molar-refractivity contribution is 7.80. The van der Waals surface area contributed by atoms with E-state index in [0.717, 1.165) is 17.5 Å². The minimum atomic E-state index is -0.120. The molecule has 7 nitrogen and oxygen atoms in total. The summed E-state index contributed by atoms with van der Waals surface area (Å²) in [7, 11) is 4.82. The van der Waals surface area contributed by atoms with Crippen LogP contribution in [0, 0.1) is 0 Å². The molecule has 2 aromatic rings. The Morgan fingerprint density at radius 3 is 2.52 bits per heavy atom. The maximum atomic E-state index is 13.0. The summed E-state index contributed by atoms with van der Waals surface area (Å²) in [5.41, 5.74) is 2.87. The molecule has 1 N–H and O–H groups in total. The summed E-state index contributed by atoms with van der Waals surface area (Å²) in [5.74, 6) is 2.01. The molecule has 2 heterocycles. The number of anilines is 1. The molecule has 31 heavy (non-hydrogen) atoms. The summed E-state index contributed by atoms with van der Waals surface area (Å²) >= 11 is 11.8. The van der Waals surface area contributed by atoms with Gasteiger partial charge in [-0.15, -0.1) is 0 Å². The summed E-state index contributed by atoms with van der Waals surface area (Å²) in [4.78, 5) is 16.8. The molecule has 1 saturated heterocycles. The molecule has 1 amide bonds. The molecule has 0 aromatic heterocycles. The second kappa shape index (κ2) is 8.80. The van der Waals surface area contributed by atoms with Gasteiger partial charge in [0.2, 0.25) is 5.91 Å². The topological polar surface area (TPSA) is 63.3 Å². The van der Waals surface area contributed by atoms with Crippen molar-refractivity contribution in [2.24, 2.45) is 0 Å². The summed E-state index contributed by atoms with van der Waals surface area (Å²) in [6, 6.07) is 9.12. The minimum Gasteiger partial charge on any atom is -0.495 e. The second-order valence-electron chi connectivity index (χ2n) is 7.41. The maximum Gasteiger partial charge on any atom is 0.242 e. The number of hydrogen-bond donors (Lipinski definition) is 1. The van der Waals surface area contributed by atoms with Crippen LogP contribution in [0.1, 0.15) is 17.2 Å². The number of benzene rings is 2. The van der Waals surface area contributed by atoms with E-state index >= 15 is 0 Å². The Morgan fingerprint density at radius 1 is 1.10 bits per heavy atom. The third kappa shape index (κ3) is 4.09. The summed E-state index contributed by atoms with van der Waals surface area (Å²) < 4.78 is 16.3. The van der Waals surface area contributed by atoms with Gasteiger partial charge in [-0.1, -0.05) is 11.6 Å². The molecular formula is C22H24ClN3O4S. The van der Waals surface area contributed by atoms with Crippen molar-refractivity contribution in [1.29, 1.82) is 0 Å². The predicted octanol–water partition coefficient (Wildman–Crippen LogP) is 3.50. The van der Waals surface area contributed by atoms with E-state index in [1.54, 1.807) is 39.5 Å². The largest absolute Gasteiger partial charge is 0.495 e. The van der Waals surface area contributed by atoms with Crippen LogP contribution < -0.4 is 19.5 Å². The molecule has 0 aliphatic carbocycles. The van der Waals surface area contributed by atoms with E-state index in [9.17, 15) is 4.79 Å². The monoisotopic (exact) mass is 461 g/mol. The van der Waals surface area contributed by atoms with Crippen molar-refractivity contribution in [3.63, 3.8) is 0 Å². The Balaban J connectivity index is 1.61. The number of piperazine rings is 1. The van der Waals surface area contributed by atoms with Gasteiger partial charge in [0.15, 0.2) is 16.6 Å². The van der Waals surface area contributed by atoms with Gasteiger partial charge >= 0.3 is 0 Å². The highest BCUT2D eigenvalue weighted by Crippen LogP contribution is 2.40. The Morgan fingerprint density at radius 2 is 1.81 bits per heavy atom. The molecule has 1 fully saturated rings. The van der Waals surface area contributed by atoms with Crippen LogP contribution in [0.3, 0.4) is 0 Å². The minimum absolute atomic E-state index is 0.0406. The van der Waals surface area contributed by atoms with Gasteiger partial charge < -0.3 is 29.3 Å². The van der Waals surface area contributed by atoms with Crippen molar-refractivity contribution in [3.8, 4) is 17.2 Å². The Hall–Kier alpha value is -2.71. The molecule has 2 aromatic carbocycles. The number of rotatable bonds is 4. The first-order valence-corrected chi connectivity index (χ1v) is 10.7. The van der Waals surface area contributed by atoms with Crippen molar-refractivity contribution in [2.75, 3.05) is 46.3 Å². The highest BCUT2D eigenvalue weighted by atomic mass is 35.5. The lowest BCUT2D eigenvalue weighted by Gasteiger charge is -2.45. The van der Waals surface area contributed by atoms with E-state index in [-0.39, 0.29) is 18.5 Å². The molecule has 0 unspecified atom stereocenters. The fourth-order valence-corrected chi connectivity index (χ4v) is 4.60. The van der Waals surface area contributed by atoms with Crippen LogP contribution in [0.25, 0.3) is 0 Å². The van der Waals surface area contributed by atoms with Crippen molar-refractivity contribution >= 4 is 40.5 Å². The number of fused-ring (bicyclic) bond motifs is 3. The first-order chi connectivity index (χ1) is 14.9. The third-order valence-electron chi connectivity index (χ3n) is 5.73. The van der Waals surface area contributed by atoms with Gasteiger partial charge in [-0.25, -0.2) is 0 Å². The number of nitrogens with one attached hydrogen (secondary N) is 1. The van der Waals surface area contributed by atoms with Gasteiger partial charge in [0.1, 0.15) is 5.75 Å². The van der Waals surface area contributed by atoms with Gasteiger partial charge in [-0.2, -0.15) is 0 Å². The van der Waals surface area contributed by atoms with E-state index in [0.29, 0.717) is 46.2 Å². The van der Waals surface area contributed by atoms with Crippen LogP contribution in [-0.4, -0.2) is 61.8 Å². The first kappa shape index (κ1) is 21.5. The van der Waals surface area contributed by atoms with E-state index in [1.165, 1.54) is 0 Å². The first-order valence-electron chi connectivity index (χ1n) is 9.89. The second-order valence-corrected chi connectivity index (χ2v) is 8.24. The van der Waals surface area contributed by atoms with Gasteiger partial charge in [-0.05, 0) is 60.1 Å². The molecule has 0 radical (unpaired) electrons. The lowest BCUT2D eigenvalue weighted by molar-refractivity contribution is -0.138. The fourth-order valence-electron chi connectivity index (χ4n) is 4.18. The lowest BCUT2D eigenvalue weighted by atomic mass is 9.90. The van der Waals surface area contributed by atoms with Gasteiger partial charge in [0.25, 0.3) is 0 Å². The van der Waals surface area contributed by atoms with Crippen LogP contribution in [-0.2, 0) is 11.2 Å². The van der Waals surface area contributed by atoms with Crippen molar-refractivity contribution in [3.05, 3.63) is 46.5 Å². The molecule has 2 aliphatic rings. The highest BCUT2D eigenvalue weighted by Gasteiger charge is 2.38. The van der Waals surface area contributed by atoms with E-state index in [4.69, 9.17) is 38.0 Å². The molecular weight excluding hydrogens is 438 g/mol. The number of methoxy groups -OCH3 is 3. The molecule has 9 heteroatoms. The van der Waals surface area contributed by atoms with Crippen molar-refractivity contribution in [2.45, 2.75) is 12.5 Å². The SMILES string of the molecule is COc1ccc(Cl)cc1NC(=S)N1CC(=O)N2CCc3cc(OC)c(OC)cc3[C@H]2C1. The number of hydrogen-bond acceptors (Lipinski definition) is 5. The van der Waals surface area contributed by atoms with Gasteiger partial charge in [-0.3, -0.25) is 4.79 Å². The van der Waals surface area contributed by atoms with Crippen LogP contribution in [0.5, 0.6) is 17.2 Å². The Kier molecular flexibility index (Phi) is 6.11. The molecule has 0 bridgehead atoms. The summed E-state index contributed by atoms with van der Waals surface area (Å²) in [6.45, 7) is 1.46. The average molecular weight is 462 g/mol. The third-order valence-corrected chi connectivity index (χ3v) is 6.33. The fraction of sp³-hybridized carbons (Fsp3) is 0.364. The number of carbonyl (C=O) groups excluding carboxylic acids is 1. The van der Waals surface area contributed by atoms with Crippen LogP contribution in [0.4, 0.5) is 5.69 Å². The zero-order valence-electron chi connectivity index (χ0n) is 17.6. The number of halogens is 1. The summed E-state index contributed by atoms with van der Waals surface area (Å²) in [5, 5.41) is 4.19. The van der Waals surface area contributed by atoms with Gasteiger partial charge in [0, 0.05) is 18.1 Å². The quantitative estimate of drug-likeness (QED) is 0.699. The Bertz CT molecular complexity index is 1030. The lowest BCUT2D eigenvalue weighted by Crippen LogP contribution is -2.56. The maximum absolute atomic E-state index is 13.0. The molecule has 4 rings (SSSR count). The van der Waals surface area contributed by atoms with Gasteiger partial charge in [0.05, 0.1) is 39.6 Å². The van der Waals surface area contributed by atoms with E-state index in [2.05, 4.69) is 5.32 Å². The van der Waals surface area contributed by atoms with E-state index in [1.807, 2.05) is 21.9 Å². The molecule has 1 atom stereocenters. The van der Waals surface area contributed by atoms with Crippen LogP contribution in [0.15, 0.2) is 30.3 Å². The average Bonchev–Trinajstić information content (AvgIpc) is 2.77.